The van der Waals surface area contributed by atoms with Crippen LogP contribution >= 0.6 is 0 Å². The number of cyclic esters (lactones) is 1. The zero-order chi connectivity index (χ0) is 7.19. The van der Waals surface area contributed by atoms with Crippen LogP contribution in [0.3, 0.4) is 0 Å². The molecule has 3 nitrogen and oxygen atoms in total. The SMILES string of the molecule is CC1(C2CO2)CCC(=O)O1. The molecule has 2 unspecified atom stereocenters. The second kappa shape index (κ2) is 1.72. The second-order valence-electron chi connectivity index (χ2n) is 3.11. The summed E-state index contributed by atoms with van der Waals surface area (Å²) in [5, 5.41) is 0. The van der Waals surface area contributed by atoms with Crippen molar-refractivity contribution < 1.29 is 14.3 Å². The van der Waals surface area contributed by atoms with Crippen molar-refractivity contribution in [1.29, 1.82) is 0 Å². The van der Waals surface area contributed by atoms with Gasteiger partial charge >= 0.3 is 5.97 Å². The number of epoxide rings is 1. The number of esters is 1. The molecule has 0 aromatic carbocycles. The summed E-state index contributed by atoms with van der Waals surface area (Å²) in [6.07, 6.45) is 1.55. The smallest absolute Gasteiger partial charge is 0.306 e. The predicted octanol–water partition coefficient (Wildman–Crippen LogP) is 0.481. The van der Waals surface area contributed by atoms with E-state index >= 15 is 0 Å². The van der Waals surface area contributed by atoms with Gasteiger partial charge in [-0.3, -0.25) is 4.79 Å². The monoisotopic (exact) mass is 142 g/mol. The highest BCUT2D eigenvalue weighted by Gasteiger charge is 2.49. The summed E-state index contributed by atoms with van der Waals surface area (Å²) in [4.78, 5) is 10.7. The summed E-state index contributed by atoms with van der Waals surface area (Å²) in [6, 6.07) is 0. The topological polar surface area (TPSA) is 38.8 Å². The number of carbonyl (C=O) groups is 1. The molecule has 0 N–H and O–H groups in total. The Morgan fingerprint density at radius 1 is 1.70 bits per heavy atom. The Kier molecular flexibility index (Phi) is 1.06. The van der Waals surface area contributed by atoms with Gasteiger partial charge in [0.15, 0.2) is 0 Å². The average Bonchev–Trinajstić information content (AvgIpc) is 2.62. The lowest BCUT2D eigenvalue weighted by atomic mass is 9.99. The Hall–Kier alpha value is -0.570. The first kappa shape index (κ1) is 6.16. The minimum atomic E-state index is -0.295. The number of ether oxygens (including phenoxy) is 2. The Morgan fingerprint density at radius 2 is 2.40 bits per heavy atom. The second-order valence-corrected chi connectivity index (χ2v) is 3.11. The summed E-state index contributed by atoms with van der Waals surface area (Å²) in [6.45, 7) is 2.69. The molecule has 10 heavy (non-hydrogen) atoms. The Bertz CT molecular complexity index is 174. The van der Waals surface area contributed by atoms with Crippen molar-refractivity contribution in [3.8, 4) is 0 Å². The zero-order valence-electron chi connectivity index (χ0n) is 5.92. The van der Waals surface area contributed by atoms with E-state index in [1.165, 1.54) is 0 Å². The summed E-state index contributed by atoms with van der Waals surface area (Å²) in [5.74, 6) is -0.0852. The van der Waals surface area contributed by atoms with Crippen molar-refractivity contribution in [3.63, 3.8) is 0 Å². The number of hydrogen-bond donors (Lipinski definition) is 0. The van der Waals surface area contributed by atoms with E-state index in [2.05, 4.69) is 0 Å². The van der Waals surface area contributed by atoms with E-state index in [1.807, 2.05) is 6.92 Å². The lowest BCUT2D eigenvalue weighted by Gasteiger charge is -2.18. The molecule has 2 rings (SSSR count). The Morgan fingerprint density at radius 3 is 2.80 bits per heavy atom. The van der Waals surface area contributed by atoms with Crippen molar-refractivity contribution >= 4 is 5.97 Å². The predicted molar refractivity (Wildman–Crippen MR) is 33.5 cm³/mol. The standard InChI is InChI=1S/C7H10O3/c1-7(5-4-9-5)3-2-6(8)10-7/h5H,2-4H2,1H3. The van der Waals surface area contributed by atoms with Gasteiger partial charge in [0.25, 0.3) is 0 Å². The maximum atomic E-state index is 10.7. The van der Waals surface area contributed by atoms with Crippen LogP contribution in [0.25, 0.3) is 0 Å². The van der Waals surface area contributed by atoms with E-state index in [0.717, 1.165) is 13.0 Å². The van der Waals surface area contributed by atoms with Crippen LogP contribution in [0.2, 0.25) is 0 Å². The first-order valence-electron chi connectivity index (χ1n) is 3.54. The zero-order valence-corrected chi connectivity index (χ0v) is 5.92. The molecule has 2 aliphatic heterocycles. The van der Waals surface area contributed by atoms with E-state index in [1.54, 1.807) is 0 Å². The van der Waals surface area contributed by atoms with E-state index in [4.69, 9.17) is 9.47 Å². The molecule has 2 atom stereocenters. The highest BCUT2D eigenvalue weighted by molar-refractivity contribution is 5.72. The van der Waals surface area contributed by atoms with Crippen LogP contribution in [0.15, 0.2) is 0 Å². The van der Waals surface area contributed by atoms with Gasteiger partial charge < -0.3 is 9.47 Å². The molecule has 0 radical (unpaired) electrons. The molecule has 2 aliphatic rings. The minimum absolute atomic E-state index is 0.0852. The Labute approximate surface area is 59.3 Å². The molecule has 2 heterocycles. The lowest BCUT2D eigenvalue weighted by Crippen LogP contribution is -2.30. The molecule has 0 amide bonds. The van der Waals surface area contributed by atoms with Gasteiger partial charge in [-0.1, -0.05) is 0 Å². The fourth-order valence-electron chi connectivity index (χ4n) is 1.34. The van der Waals surface area contributed by atoms with Gasteiger partial charge in [-0.25, -0.2) is 0 Å². The van der Waals surface area contributed by atoms with Crippen LogP contribution in [-0.2, 0) is 14.3 Å². The third-order valence-electron chi connectivity index (χ3n) is 2.19. The van der Waals surface area contributed by atoms with Crippen molar-refractivity contribution in [2.45, 2.75) is 31.5 Å². The van der Waals surface area contributed by atoms with Crippen LogP contribution in [0, 0.1) is 0 Å². The van der Waals surface area contributed by atoms with Gasteiger partial charge in [0.05, 0.1) is 6.61 Å². The molecule has 0 saturated carbocycles. The van der Waals surface area contributed by atoms with Crippen LogP contribution in [0.5, 0.6) is 0 Å². The lowest BCUT2D eigenvalue weighted by molar-refractivity contribution is -0.148. The van der Waals surface area contributed by atoms with Crippen molar-refractivity contribution in [2.24, 2.45) is 0 Å². The van der Waals surface area contributed by atoms with Gasteiger partial charge in [-0.05, 0) is 6.92 Å². The molecule has 2 saturated heterocycles. The largest absolute Gasteiger partial charge is 0.456 e. The molecular formula is C7H10O3. The van der Waals surface area contributed by atoms with Crippen LogP contribution < -0.4 is 0 Å². The van der Waals surface area contributed by atoms with E-state index in [0.29, 0.717) is 6.42 Å². The van der Waals surface area contributed by atoms with Crippen LogP contribution in [-0.4, -0.2) is 24.3 Å². The quantitative estimate of drug-likeness (QED) is 0.395. The maximum Gasteiger partial charge on any atom is 0.306 e. The molecular weight excluding hydrogens is 132 g/mol. The molecule has 56 valence electrons. The molecule has 3 heteroatoms. The fraction of sp³-hybridized carbons (Fsp3) is 0.857. The van der Waals surface area contributed by atoms with Gasteiger partial charge in [-0.15, -0.1) is 0 Å². The van der Waals surface area contributed by atoms with Gasteiger partial charge in [0, 0.05) is 12.8 Å². The Balaban J connectivity index is 2.08. The molecule has 0 bridgehead atoms. The van der Waals surface area contributed by atoms with Gasteiger partial charge in [0.2, 0.25) is 0 Å². The summed E-state index contributed by atoms with van der Waals surface area (Å²) >= 11 is 0. The van der Waals surface area contributed by atoms with Crippen molar-refractivity contribution in [3.05, 3.63) is 0 Å². The molecule has 0 spiro atoms. The minimum Gasteiger partial charge on any atom is -0.456 e. The molecule has 0 aromatic heterocycles. The third kappa shape index (κ3) is 0.814. The summed E-state index contributed by atoms with van der Waals surface area (Å²) in [5.41, 5.74) is -0.295. The maximum absolute atomic E-state index is 10.7. The highest BCUT2D eigenvalue weighted by Crippen LogP contribution is 2.36. The normalized spacial score (nSPS) is 45.3. The van der Waals surface area contributed by atoms with E-state index in [9.17, 15) is 4.79 Å². The number of rotatable bonds is 1. The number of hydrogen-bond acceptors (Lipinski definition) is 3. The third-order valence-corrected chi connectivity index (χ3v) is 2.19. The van der Waals surface area contributed by atoms with Crippen molar-refractivity contribution in [2.75, 3.05) is 6.61 Å². The van der Waals surface area contributed by atoms with E-state index in [-0.39, 0.29) is 17.7 Å². The average molecular weight is 142 g/mol. The molecule has 2 fully saturated rings. The first-order valence-corrected chi connectivity index (χ1v) is 3.54. The first-order chi connectivity index (χ1) is 4.71. The fourth-order valence-corrected chi connectivity index (χ4v) is 1.34. The molecule has 0 aliphatic carbocycles. The highest BCUT2D eigenvalue weighted by atomic mass is 16.6. The number of carbonyl (C=O) groups excluding carboxylic acids is 1. The summed E-state index contributed by atoms with van der Waals surface area (Å²) in [7, 11) is 0. The van der Waals surface area contributed by atoms with Crippen molar-refractivity contribution in [1.82, 2.24) is 0 Å². The van der Waals surface area contributed by atoms with Crippen LogP contribution in [0.4, 0.5) is 0 Å². The van der Waals surface area contributed by atoms with Gasteiger partial charge in [-0.2, -0.15) is 0 Å². The summed E-state index contributed by atoms with van der Waals surface area (Å²) < 4.78 is 10.2. The van der Waals surface area contributed by atoms with E-state index < -0.39 is 0 Å². The van der Waals surface area contributed by atoms with Gasteiger partial charge in [0.1, 0.15) is 11.7 Å². The molecule has 0 aromatic rings. The van der Waals surface area contributed by atoms with Crippen LogP contribution in [0.1, 0.15) is 19.8 Å².